The Morgan fingerprint density at radius 1 is 1.10 bits per heavy atom. The molecule has 1 fully saturated rings. The highest BCUT2D eigenvalue weighted by Crippen LogP contribution is 2.39. The van der Waals surface area contributed by atoms with Gasteiger partial charge in [-0.25, -0.2) is 26.4 Å². The largest absolute Gasteiger partial charge is 0.416 e. The molecule has 1 saturated heterocycles. The van der Waals surface area contributed by atoms with Crippen LogP contribution >= 0.6 is 23.2 Å². The van der Waals surface area contributed by atoms with Gasteiger partial charge in [-0.2, -0.15) is 13.2 Å². The number of sulfonamides is 1. The minimum Gasteiger partial charge on any atom is -0.305 e. The molecule has 0 bridgehead atoms. The third kappa shape index (κ3) is 6.81. The smallest absolute Gasteiger partial charge is 0.305 e. The molecule has 10 nitrogen and oxygen atoms in total. The standard InChI is InChI=1S/C24H25Cl2F3N4O6S2/c1-3-41(38,39)19-5-4-14(25)8-13(19)10-33-22(34)16-9-18(24(27,28)29)17(20(26)21(16)30-23(33)35)12-32-7-6-15(11-32)31-40(2,36)37/h4-5,8-9,15,31H,3,6-7,10-12H2,1-2H3,(H,30,35). The van der Waals surface area contributed by atoms with Crippen LogP contribution in [0.25, 0.3) is 10.9 Å². The Morgan fingerprint density at radius 3 is 2.39 bits per heavy atom. The molecule has 1 aliphatic rings. The zero-order chi connectivity index (χ0) is 30.5. The summed E-state index contributed by atoms with van der Waals surface area (Å²) in [4.78, 5) is 30.2. The Morgan fingerprint density at radius 2 is 1.78 bits per heavy atom. The van der Waals surface area contributed by atoms with E-state index >= 15 is 0 Å². The highest BCUT2D eigenvalue weighted by atomic mass is 35.5. The monoisotopic (exact) mass is 656 g/mol. The number of aromatic amines is 1. The van der Waals surface area contributed by atoms with Crippen LogP contribution in [0.5, 0.6) is 0 Å². The fourth-order valence-corrected chi connectivity index (χ4v) is 7.26. The Bertz CT molecular complexity index is 1860. The third-order valence-corrected chi connectivity index (χ3v) is 9.97. The van der Waals surface area contributed by atoms with Gasteiger partial charge in [-0.15, -0.1) is 0 Å². The van der Waals surface area contributed by atoms with Crippen LogP contribution in [-0.4, -0.2) is 62.4 Å². The van der Waals surface area contributed by atoms with Crippen molar-refractivity contribution in [3.8, 4) is 0 Å². The molecule has 2 aromatic carbocycles. The van der Waals surface area contributed by atoms with E-state index in [9.17, 15) is 39.6 Å². The summed E-state index contributed by atoms with van der Waals surface area (Å²) >= 11 is 12.4. The molecule has 1 unspecified atom stereocenters. The lowest BCUT2D eigenvalue weighted by Gasteiger charge is -2.22. The topological polar surface area (TPSA) is 138 Å². The number of halogens is 5. The molecular weight excluding hydrogens is 632 g/mol. The molecule has 1 aliphatic heterocycles. The van der Waals surface area contributed by atoms with Crippen molar-refractivity contribution in [2.24, 2.45) is 0 Å². The summed E-state index contributed by atoms with van der Waals surface area (Å²) in [5, 5.41) is -0.874. The van der Waals surface area contributed by atoms with E-state index in [0.717, 1.165) is 6.26 Å². The predicted octanol–water partition coefficient (Wildman–Crippen LogP) is 2.98. The first-order chi connectivity index (χ1) is 18.9. The highest BCUT2D eigenvalue weighted by Gasteiger charge is 2.37. The van der Waals surface area contributed by atoms with Gasteiger partial charge >= 0.3 is 11.9 Å². The van der Waals surface area contributed by atoms with E-state index in [2.05, 4.69) is 9.71 Å². The second-order valence-corrected chi connectivity index (χ2v) is 14.6. The number of rotatable bonds is 8. The fourth-order valence-electron chi connectivity index (χ4n) is 4.84. The fraction of sp³-hybridized carbons (Fsp3) is 0.417. The molecule has 224 valence electrons. The summed E-state index contributed by atoms with van der Waals surface area (Å²) in [6.07, 6.45) is -3.59. The molecule has 1 atom stereocenters. The number of likely N-dealkylation sites (tertiary alicyclic amines) is 1. The molecule has 0 radical (unpaired) electrons. The molecule has 1 aromatic heterocycles. The first kappa shape index (κ1) is 31.5. The van der Waals surface area contributed by atoms with E-state index in [1.807, 2.05) is 0 Å². The molecular formula is C24H25Cl2F3N4O6S2. The Labute approximate surface area is 243 Å². The summed E-state index contributed by atoms with van der Waals surface area (Å²) in [6.45, 7) is 0.907. The molecule has 0 spiro atoms. The van der Waals surface area contributed by atoms with Crippen LogP contribution in [0, 0.1) is 0 Å². The first-order valence-corrected chi connectivity index (χ1v) is 16.5. The van der Waals surface area contributed by atoms with Crippen molar-refractivity contribution in [2.75, 3.05) is 25.1 Å². The number of nitrogens with zero attached hydrogens (tertiary/aromatic N) is 2. The molecule has 4 rings (SSSR count). The number of hydrogen-bond acceptors (Lipinski definition) is 7. The van der Waals surface area contributed by atoms with Crippen LogP contribution in [0.2, 0.25) is 10.0 Å². The maximum Gasteiger partial charge on any atom is 0.416 e. The van der Waals surface area contributed by atoms with Gasteiger partial charge in [0.15, 0.2) is 9.84 Å². The minimum atomic E-state index is -4.93. The lowest BCUT2D eigenvalue weighted by Crippen LogP contribution is -2.37. The van der Waals surface area contributed by atoms with E-state index in [1.165, 1.54) is 25.1 Å². The van der Waals surface area contributed by atoms with Crippen LogP contribution in [0.15, 0.2) is 38.8 Å². The van der Waals surface area contributed by atoms with Crippen molar-refractivity contribution < 1.29 is 30.0 Å². The van der Waals surface area contributed by atoms with Gasteiger partial charge in [0, 0.05) is 30.7 Å². The molecule has 0 saturated carbocycles. The summed E-state index contributed by atoms with van der Waals surface area (Å²) in [5.41, 5.74) is -4.00. The van der Waals surface area contributed by atoms with Crippen molar-refractivity contribution in [1.82, 2.24) is 19.2 Å². The van der Waals surface area contributed by atoms with Crippen LogP contribution < -0.4 is 16.0 Å². The number of hydrogen-bond donors (Lipinski definition) is 2. The molecule has 0 amide bonds. The van der Waals surface area contributed by atoms with Crippen molar-refractivity contribution in [2.45, 2.75) is 43.5 Å². The van der Waals surface area contributed by atoms with Crippen molar-refractivity contribution in [1.29, 1.82) is 0 Å². The van der Waals surface area contributed by atoms with Crippen molar-refractivity contribution in [3.05, 3.63) is 71.8 Å². The van der Waals surface area contributed by atoms with E-state index in [0.29, 0.717) is 17.1 Å². The number of nitrogens with one attached hydrogen (secondary N) is 2. The Kier molecular flexibility index (Phi) is 8.71. The van der Waals surface area contributed by atoms with Gasteiger partial charge in [0.1, 0.15) is 0 Å². The maximum absolute atomic E-state index is 14.2. The van der Waals surface area contributed by atoms with Gasteiger partial charge in [-0.1, -0.05) is 30.1 Å². The molecule has 2 heterocycles. The van der Waals surface area contributed by atoms with Crippen LogP contribution in [-0.2, 0) is 39.1 Å². The SMILES string of the molecule is CCS(=O)(=O)c1ccc(Cl)cc1Cn1c(=O)[nH]c2c(Cl)c(CN3CCC(NS(C)(=O)=O)C3)c(C(F)(F)F)cc2c1=O. The number of aromatic nitrogens is 2. The summed E-state index contributed by atoms with van der Waals surface area (Å²) in [7, 11) is -7.32. The minimum absolute atomic E-state index is 0.0105. The zero-order valence-electron chi connectivity index (χ0n) is 21.7. The number of alkyl halides is 3. The average Bonchev–Trinajstić information content (AvgIpc) is 3.28. The van der Waals surface area contributed by atoms with Crippen LogP contribution in [0.4, 0.5) is 13.2 Å². The maximum atomic E-state index is 14.2. The number of H-pyrrole nitrogens is 1. The van der Waals surface area contributed by atoms with Gasteiger partial charge in [-0.3, -0.25) is 14.3 Å². The second kappa shape index (κ2) is 11.3. The number of benzene rings is 2. The number of sulfone groups is 1. The lowest BCUT2D eigenvalue weighted by molar-refractivity contribution is -0.138. The Balaban J connectivity index is 1.82. The van der Waals surface area contributed by atoms with Crippen molar-refractivity contribution >= 4 is 54.0 Å². The number of fused-ring (bicyclic) bond motifs is 1. The van der Waals surface area contributed by atoms with E-state index in [-0.39, 0.29) is 51.9 Å². The van der Waals surface area contributed by atoms with Gasteiger partial charge in [0.25, 0.3) is 5.56 Å². The molecule has 0 aliphatic carbocycles. The van der Waals surface area contributed by atoms with E-state index in [1.54, 1.807) is 4.90 Å². The van der Waals surface area contributed by atoms with Gasteiger partial charge in [0.2, 0.25) is 10.0 Å². The van der Waals surface area contributed by atoms with Crippen LogP contribution in [0.1, 0.15) is 30.0 Å². The predicted molar refractivity (Wildman–Crippen MR) is 149 cm³/mol. The van der Waals surface area contributed by atoms with Crippen molar-refractivity contribution in [3.63, 3.8) is 0 Å². The summed E-state index contributed by atoms with van der Waals surface area (Å²) < 4.78 is 93.9. The molecule has 41 heavy (non-hydrogen) atoms. The quantitative estimate of drug-likeness (QED) is 0.380. The van der Waals surface area contributed by atoms with Gasteiger partial charge in [-0.05, 0) is 41.8 Å². The van der Waals surface area contributed by atoms with E-state index < -0.39 is 65.8 Å². The van der Waals surface area contributed by atoms with Gasteiger partial charge < -0.3 is 4.98 Å². The second-order valence-electron chi connectivity index (χ2n) is 9.72. The molecule has 2 N–H and O–H groups in total. The first-order valence-electron chi connectivity index (χ1n) is 12.2. The summed E-state index contributed by atoms with van der Waals surface area (Å²) in [5.74, 6) is -0.278. The zero-order valence-corrected chi connectivity index (χ0v) is 24.8. The normalized spacial score (nSPS) is 17.0. The molecule has 3 aromatic rings. The molecule has 17 heteroatoms. The summed E-state index contributed by atoms with van der Waals surface area (Å²) in [6, 6.07) is 3.93. The van der Waals surface area contributed by atoms with Gasteiger partial charge in [0.05, 0.1) is 44.9 Å². The lowest BCUT2D eigenvalue weighted by atomic mass is 10.0. The average molecular weight is 658 g/mol. The Hall–Kier alpha value is -2.43. The van der Waals surface area contributed by atoms with Crippen LogP contribution in [0.3, 0.4) is 0 Å². The highest BCUT2D eigenvalue weighted by molar-refractivity contribution is 7.91. The van der Waals surface area contributed by atoms with E-state index in [4.69, 9.17) is 23.2 Å². The third-order valence-electron chi connectivity index (χ3n) is 6.73.